The molecule has 1 aromatic heterocycles. The summed E-state index contributed by atoms with van der Waals surface area (Å²) >= 11 is 1.36. The van der Waals surface area contributed by atoms with Crippen molar-refractivity contribution in [1.82, 2.24) is 4.98 Å². The van der Waals surface area contributed by atoms with Crippen LogP contribution in [0, 0.1) is 0 Å². The van der Waals surface area contributed by atoms with Crippen LogP contribution in [0.5, 0.6) is 5.19 Å². The van der Waals surface area contributed by atoms with E-state index >= 15 is 0 Å². The monoisotopic (exact) mass is 593 g/mol. The van der Waals surface area contributed by atoms with E-state index in [2.05, 4.69) is 11.9 Å². The van der Waals surface area contributed by atoms with Gasteiger partial charge in [0.05, 0.1) is 34.4 Å². The Kier molecular flexibility index (Phi) is 21.6. The van der Waals surface area contributed by atoms with Crippen LogP contribution in [-0.4, -0.2) is 74.6 Å². The van der Waals surface area contributed by atoms with Gasteiger partial charge in [-0.3, -0.25) is 9.05 Å². The number of unbranched alkanes of at least 4 members (excludes halogenated alkanes) is 15. The largest absolute Gasteiger partial charge is 0.472 e. The summed E-state index contributed by atoms with van der Waals surface area (Å²) in [5.74, 6) is 0. The number of quaternary nitrogens is 1. The Balaban J connectivity index is 2.07. The fourth-order valence-electron chi connectivity index (χ4n) is 4.14. The molecule has 1 heterocycles. The van der Waals surface area contributed by atoms with Crippen LogP contribution in [-0.2, 0) is 18.3 Å². The Bertz CT molecular complexity index is 717. The molecule has 0 aliphatic rings. The highest BCUT2D eigenvalue weighted by molar-refractivity contribution is 7.47. The second-order valence-corrected chi connectivity index (χ2v) is 13.8. The number of hydrogen-bond donors (Lipinski definition) is 1. The molecule has 230 valence electrons. The third kappa shape index (κ3) is 23.8. The maximum Gasteiger partial charge on any atom is 0.472 e. The van der Waals surface area contributed by atoms with Crippen molar-refractivity contribution in [2.45, 2.75) is 116 Å². The van der Waals surface area contributed by atoms with Gasteiger partial charge >= 0.3 is 7.82 Å². The topological polar surface area (TPSA) is 87.1 Å². The average Bonchev–Trinajstić information content (AvgIpc) is 3.38. The summed E-state index contributed by atoms with van der Waals surface area (Å²) in [6, 6.07) is 0. The lowest BCUT2D eigenvalue weighted by Crippen LogP contribution is -2.37. The molecule has 0 spiro atoms. The number of phosphoric acid groups is 1. The summed E-state index contributed by atoms with van der Waals surface area (Å²) in [7, 11) is 1.80. The highest BCUT2D eigenvalue weighted by atomic mass is 32.1. The van der Waals surface area contributed by atoms with Crippen molar-refractivity contribution < 1.29 is 32.5 Å². The number of phosphoric ester groups is 1. The summed E-state index contributed by atoms with van der Waals surface area (Å²) in [5, 5.41) is 2.29. The van der Waals surface area contributed by atoms with Gasteiger partial charge in [0.1, 0.15) is 19.3 Å². The molecular formula is C29H58N2O6PS+. The molecule has 0 radical (unpaired) electrons. The van der Waals surface area contributed by atoms with Crippen LogP contribution in [0.3, 0.4) is 0 Å². The van der Waals surface area contributed by atoms with Gasteiger partial charge in [-0.15, -0.1) is 0 Å². The molecule has 0 amide bonds. The molecule has 0 bridgehead atoms. The van der Waals surface area contributed by atoms with Gasteiger partial charge in [0, 0.05) is 18.2 Å². The Morgan fingerprint density at radius 2 is 1.36 bits per heavy atom. The Labute approximate surface area is 243 Å². The molecule has 0 aliphatic heterocycles. The van der Waals surface area contributed by atoms with Crippen molar-refractivity contribution in [2.24, 2.45) is 0 Å². The fourth-order valence-corrected chi connectivity index (χ4v) is 5.43. The lowest BCUT2D eigenvalue weighted by Gasteiger charge is -2.24. The van der Waals surface area contributed by atoms with Gasteiger partial charge in [0.25, 0.3) is 5.19 Å². The summed E-state index contributed by atoms with van der Waals surface area (Å²) in [5.41, 5.74) is 0. The number of hydrogen-bond acceptors (Lipinski definition) is 7. The summed E-state index contributed by atoms with van der Waals surface area (Å²) in [4.78, 5) is 14.1. The molecule has 0 aliphatic carbocycles. The molecule has 0 aromatic carbocycles. The first kappa shape index (κ1) is 36.5. The Morgan fingerprint density at radius 3 is 1.85 bits per heavy atom. The number of likely N-dealkylation sites (N-methyl/N-ethyl adjacent to an activating group) is 1. The number of ether oxygens (including phenoxy) is 2. The molecule has 1 N–H and O–H groups in total. The zero-order valence-corrected chi connectivity index (χ0v) is 27.0. The first-order valence-corrected chi connectivity index (χ1v) is 17.7. The minimum Gasteiger partial charge on any atom is -0.462 e. The number of thiazole rings is 1. The van der Waals surface area contributed by atoms with Crippen LogP contribution >= 0.6 is 19.2 Å². The van der Waals surface area contributed by atoms with E-state index in [0.29, 0.717) is 22.8 Å². The standard InChI is InChI=1S/C29H57N2O6PS/c1-5-6-7-8-9-10-11-12-13-14-15-16-17-18-19-20-23-34-26-28(37-29-30-21-25-39-29)27-36-38(32,33)35-24-22-31(2,3)4/h21,25,28H,5-20,22-24,26-27H2,1-4H3/p+1. The summed E-state index contributed by atoms with van der Waals surface area (Å²) in [6.07, 6.45) is 22.5. The average molecular weight is 594 g/mol. The molecule has 0 saturated heterocycles. The number of aromatic nitrogens is 1. The molecular weight excluding hydrogens is 535 g/mol. The van der Waals surface area contributed by atoms with E-state index in [1.807, 2.05) is 26.5 Å². The molecule has 1 rings (SSSR count). The SMILES string of the molecule is CCCCCCCCCCCCCCCCCCOCC(COP(=O)(O)OCC[N+](C)(C)C)Oc1nccs1. The van der Waals surface area contributed by atoms with Crippen molar-refractivity contribution in [3.05, 3.63) is 11.6 Å². The van der Waals surface area contributed by atoms with E-state index in [9.17, 15) is 9.46 Å². The third-order valence-electron chi connectivity index (χ3n) is 6.56. The molecule has 10 heteroatoms. The molecule has 0 saturated carbocycles. The normalized spacial score (nSPS) is 14.4. The quantitative estimate of drug-likeness (QED) is 0.0598. The van der Waals surface area contributed by atoms with Crippen molar-refractivity contribution in [1.29, 1.82) is 0 Å². The first-order chi connectivity index (χ1) is 18.7. The fraction of sp³-hybridized carbons (Fsp3) is 0.897. The molecule has 39 heavy (non-hydrogen) atoms. The van der Waals surface area contributed by atoms with Crippen LogP contribution in [0.1, 0.15) is 110 Å². The van der Waals surface area contributed by atoms with Gasteiger partial charge in [-0.2, -0.15) is 0 Å². The van der Waals surface area contributed by atoms with Gasteiger partial charge in [0.15, 0.2) is 0 Å². The van der Waals surface area contributed by atoms with E-state index in [1.165, 1.54) is 101 Å². The Hall–Kier alpha value is -0.540. The maximum absolute atomic E-state index is 12.2. The van der Waals surface area contributed by atoms with Crippen molar-refractivity contribution in [3.63, 3.8) is 0 Å². The third-order valence-corrected chi connectivity index (χ3v) is 8.21. The van der Waals surface area contributed by atoms with Crippen LogP contribution < -0.4 is 4.74 Å². The van der Waals surface area contributed by atoms with Crippen molar-refractivity contribution >= 4 is 19.2 Å². The van der Waals surface area contributed by atoms with Crippen molar-refractivity contribution in [2.75, 3.05) is 54.1 Å². The molecule has 1 aromatic rings. The van der Waals surface area contributed by atoms with Crippen LogP contribution in [0.4, 0.5) is 0 Å². The molecule has 0 fully saturated rings. The zero-order chi connectivity index (χ0) is 28.7. The zero-order valence-electron chi connectivity index (χ0n) is 25.3. The molecule has 2 atom stereocenters. The Morgan fingerprint density at radius 1 is 0.821 bits per heavy atom. The highest BCUT2D eigenvalue weighted by Gasteiger charge is 2.25. The van der Waals surface area contributed by atoms with E-state index in [-0.39, 0.29) is 19.8 Å². The van der Waals surface area contributed by atoms with Gasteiger partial charge in [-0.1, -0.05) is 115 Å². The highest BCUT2D eigenvalue weighted by Crippen LogP contribution is 2.43. The van der Waals surface area contributed by atoms with Gasteiger partial charge in [0.2, 0.25) is 0 Å². The first-order valence-electron chi connectivity index (χ1n) is 15.3. The number of rotatable bonds is 28. The number of nitrogens with zero attached hydrogens (tertiary/aromatic N) is 2. The molecule has 8 nitrogen and oxygen atoms in total. The lowest BCUT2D eigenvalue weighted by molar-refractivity contribution is -0.870. The predicted molar refractivity (Wildman–Crippen MR) is 162 cm³/mol. The van der Waals surface area contributed by atoms with E-state index in [4.69, 9.17) is 18.5 Å². The van der Waals surface area contributed by atoms with Crippen LogP contribution in [0.2, 0.25) is 0 Å². The van der Waals surface area contributed by atoms with Crippen molar-refractivity contribution in [3.8, 4) is 5.19 Å². The second-order valence-electron chi connectivity index (χ2n) is 11.5. The van der Waals surface area contributed by atoms with E-state index < -0.39 is 13.9 Å². The van der Waals surface area contributed by atoms with Crippen LogP contribution in [0.15, 0.2) is 11.6 Å². The lowest BCUT2D eigenvalue weighted by atomic mass is 10.0. The molecule has 2 unspecified atom stereocenters. The summed E-state index contributed by atoms with van der Waals surface area (Å²) < 4.78 is 34.8. The van der Waals surface area contributed by atoms with Crippen LogP contribution in [0.25, 0.3) is 0 Å². The van der Waals surface area contributed by atoms with E-state index in [0.717, 1.165) is 12.8 Å². The maximum atomic E-state index is 12.2. The predicted octanol–water partition coefficient (Wildman–Crippen LogP) is 8.01. The van der Waals surface area contributed by atoms with Gasteiger partial charge < -0.3 is 18.9 Å². The summed E-state index contributed by atoms with van der Waals surface area (Å²) in [6.45, 7) is 3.78. The minimum atomic E-state index is -4.16. The van der Waals surface area contributed by atoms with Gasteiger partial charge in [-0.25, -0.2) is 9.55 Å². The minimum absolute atomic E-state index is 0.114. The second kappa shape index (κ2) is 23.1. The van der Waals surface area contributed by atoms with Gasteiger partial charge in [-0.05, 0) is 6.42 Å². The van der Waals surface area contributed by atoms with E-state index in [1.54, 1.807) is 6.20 Å². The smallest absolute Gasteiger partial charge is 0.462 e.